The number of rotatable bonds is 2. The molecule has 0 rings (SSSR count). The van der Waals surface area contributed by atoms with E-state index in [4.69, 9.17) is 5.73 Å². The molecule has 0 radical (unpaired) electrons. The van der Waals surface area contributed by atoms with Crippen molar-refractivity contribution in [2.24, 2.45) is 10.7 Å². The molecule has 0 saturated carbocycles. The summed E-state index contributed by atoms with van der Waals surface area (Å²) in [5.41, 5.74) is 7.28. The number of aliphatic imine (C=N–C) groups is 1. The number of allylic oxidation sites excluding steroid dienone is 1. The first kappa shape index (κ1) is 8.69. The fourth-order valence-electron chi connectivity index (χ4n) is 0.438. The second-order valence-corrected chi connectivity index (χ2v) is 2.21. The Morgan fingerprint density at radius 2 is 2.33 bits per heavy atom. The topological polar surface area (TPSA) is 38.4 Å². The van der Waals surface area contributed by atoms with Crippen LogP contribution in [0.4, 0.5) is 0 Å². The molecule has 2 nitrogen and oxygen atoms in total. The van der Waals surface area contributed by atoms with Gasteiger partial charge in [0.15, 0.2) is 0 Å². The predicted molar refractivity (Wildman–Crippen MR) is 45.1 cm³/mol. The Hall–Kier alpha value is -0.310. The lowest BCUT2D eigenvalue weighted by molar-refractivity contribution is 1.37. The monoisotopic (exact) mass is 190 g/mol. The van der Waals surface area contributed by atoms with Gasteiger partial charge in [0, 0.05) is 18.1 Å². The Morgan fingerprint density at radius 1 is 1.78 bits per heavy atom. The Kier molecular flexibility index (Phi) is 4.40. The first-order valence-corrected chi connectivity index (χ1v) is 3.79. The summed E-state index contributed by atoms with van der Waals surface area (Å²) >= 11 is 3.29. The number of nitrogens with zero attached hydrogens (tertiary/aromatic N) is 1. The van der Waals surface area contributed by atoms with Crippen LogP contribution in [0.3, 0.4) is 0 Å². The van der Waals surface area contributed by atoms with Crippen LogP contribution in [0, 0.1) is 0 Å². The van der Waals surface area contributed by atoms with E-state index in [1.165, 1.54) is 0 Å². The molecular formula is C6H11BrN2. The molecule has 3 heteroatoms. The van der Waals surface area contributed by atoms with Gasteiger partial charge in [-0.15, -0.1) is 0 Å². The van der Waals surface area contributed by atoms with Crippen molar-refractivity contribution >= 4 is 21.6 Å². The average molecular weight is 191 g/mol. The van der Waals surface area contributed by atoms with Crippen molar-refractivity contribution in [2.75, 3.05) is 12.4 Å². The van der Waals surface area contributed by atoms with Crippen LogP contribution < -0.4 is 5.73 Å². The first-order chi connectivity index (χ1) is 4.26. The van der Waals surface area contributed by atoms with Gasteiger partial charge in [0.25, 0.3) is 0 Å². The van der Waals surface area contributed by atoms with Gasteiger partial charge in [-0.05, 0) is 18.7 Å². The summed E-state index contributed by atoms with van der Waals surface area (Å²) in [7, 11) is 1.75. The third-order valence-corrected chi connectivity index (χ3v) is 1.63. The Morgan fingerprint density at radius 3 is 2.44 bits per heavy atom. The van der Waals surface area contributed by atoms with Crippen molar-refractivity contribution in [2.45, 2.75) is 6.92 Å². The summed E-state index contributed by atoms with van der Waals surface area (Å²) in [6.07, 6.45) is 1.56. The van der Waals surface area contributed by atoms with Crippen LogP contribution in [0.1, 0.15) is 6.92 Å². The molecule has 52 valence electrons. The van der Waals surface area contributed by atoms with E-state index < -0.39 is 0 Å². The Bertz CT molecular complexity index is 138. The molecule has 0 saturated heterocycles. The van der Waals surface area contributed by atoms with Crippen LogP contribution in [-0.4, -0.2) is 18.1 Å². The SMILES string of the molecule is CN=C(CBr)/C(C)=C\N. The van der Waals surface area contributed by atoms with Crippen molar-refractivity contribution in [3.63, 3.8) is 0 Å². The fraction of sp³-hybridized carbons (Fsp3) is 0.500. The minimum atomic E-state index is 0.767. The lowest BCUT2D eigenvalue weighted by Crippen LogP contribution is -2.03. The normalized spacial score (nSPS) is 14.1. The van der Waals surface area contributed by atoms with Gasteiger partial charge in [0.2, 0.25) is 0 Å². The zero-order valence-corrected chi connectivity index (χ0v) is 7.27. The third kappa shape index (κ3) is 2.65. The van der Waals surface area contributed by atoms with E-state index in [1.807, 2.05) is 6.92 Å². The summed E-state index contributed by atoms with van der Waals surface area (Å²) in [5, 5.41) is 0.767. The van der Waals surface area contributed by atoms with Crippen LogP contribution in [0.5, 0.6) is 0 Å². The molecule has 2 N–H and O–H groups in total. The van der Waals surface area contributed by atoms with Crippen molar-refractivity contribution < 1.29 is 0 Å². The van der Waals surface area contributed by atoms with E-state index >= 15 is 0 Å². The van der Waals surface area contributed by atoms with E-state index in [0.29, 0.717) is 0 Å². The lowest BCUT2D eigenvalue weighted by atomic mass is 10.2. The van der Waals surface area contributed by atoms with Gasteiger partial charge in [-0.25, -0.2) is 0 Å². The molecule has 0 bridgehead atoms. The third-order valence-electron chi connectivity index (χ3n) is 1.10. The van der Waals surface area contributed by atoms with Crippen LogP contribution in [0.2, 0.25) is 0 Å². The maximum Gasteiger partial charge on any atom is 0.0493 e. The zero-order chi connectivity index (χ0) is 7.28. The molecular weight excluding hydrogens is 180 g/mol. The highest BCUT2D eigenvalue weighted by molar-refractivity contribution is 9.09. The van der Waals surface area contributed by atoms with Crippen LogP contribution in [0.15, 0.2) is 16.8 Å². The second-order valence-electron chi connectivity index (χ2n) is 1.65. The molecule has 0 atom stereocenters. The van der Waals surface area contributed by atoms with Crippen molar-refractivity contribution in [3.8, 4) is 0 Å². The number of hydrogen-bond acceptors (Lipinski definition) is 2. The Labute approximate surface area is 64.0 Å². The highest BCUT2D eigenvalue weighted by Crippen LogP contribution is 1.97. The highest BCUT2D eigenvalue weighted by atomic mass is 79.9. The molecule has 0 aliphatic carbocycles. The van der Waals surface area contributed by atoms with Crippen molar-refractivity contribution in [3.05, 3.63) is 11.8 Å². The molecule has 0 aromatic carbocycles. The second kappa shape index (κ2) is 4.56. The summed E-state index contributed by atoms with van der Waals surface area (Å²) in [6, 6.07) is 0. The standard InChI is InChI=1S/C6H11BrN2/c1-5(4-8)6(3-7)9-2/h4H,3,8H2,1-2H3/b5-4-,9-6?. The molecule has 0 aromatic heterocycles. The number of alkyl halides is 1. The van der Waals surface area contributed by atoms with Gasteiger partial charge in [-0.3, -0.25) is 4.99 Å². The van der Waals surface area contributed by atoms with Gasteiger partial charge < -0.3 is 5.73 Å². The smallest absolute Gasteiger partial charge is 0.0493 e. The van der Waals surface area contributed by atoms with Gasteiger partial charge in [0.1, 0.15) is 0 Å². The molecule has 0 heterocycles. The van der Waals surface area contributed by atoms with Crippen molar-refractivity contribution in [1.82, 2.24) is 0 Å². The molecule has 9 heavy (non-hydrogen) atoms. The van der Waals surface area contributed by atoms with E-state index in [9.17, 15) is 0 Å². The highest BCUT2D eigenvalue weighted by Gasteiger charge is 1.95. The average Bonchev–Trinajstić information content (AvgIpc) is 1.90. The van der Waals surface area contributed by atoms with Gasteiger partial charge >= 0.3 is 0 Å². The van der Waals surface area contributed by atoms with Gasteiger partial charge in [-0.2, -0.15) is 0 Å². The van der Waals surface area contributed by atoms with Crippen LogP contribution in [0.25, 0.3) is 0 Å². The van der Waals surface area contributed by atoms with E-state index in [2.05, 4.69) is 20.9 Å². The van der Waals surface area contributed by atoms with Crippen LogP contribution in [-0.2, 0) is 0 Å². The van der Waals surface area contributed by atoms with E-state index in [-0.39, 0.29) is 0 Å². The number of hydrogen-bond donors (Lipinski definition) is 1. The summed E-state index contributed by atoms with van der Waals surface area (Å²) in [4.78, 5) is 4.00. The molecule has 0 spiro atoms. The maximum atomic E-state index is 5.26. The summed E-state index contributed by atoms with van der Waals surface area (Å²) in [5.74, 6) is 0. The predicted octanol–water partition coefficient (Wildman–Crippen LogP) is 1.31. The first-order valence-electron chi connectivity index (χ1n) is 2.66. The van der Waals surface area contributed by atoms with Crippen molar-refractivity contribution in [1.29, 1.82) is 0 Å². The fourth-order valence-corrected chi connectivity index (χ4v) is 1.13. The molecule has 0 aliphatic rings. The lowest BCUT2D eigenvalue weighted by Gasteiger charge is -1.97. The number of halogens is 1. The quantitative estimate of drug-likeness (QED) is 0.518. The minimum Gasteiger partial charge on any atom is -0.404 e. The van der Waals surface area contributed by atoms with E-state index in [1.54, 1.807) is 13.2 Å². The molecule has 0 aliphatic heterocycles. The largest absolute Gasteiger partial charge is 0.404 e. The van der Waals surface area contributed by atoms with Gasteiger partial charge in [0.05, 0.1) is 0 Å². The minimum absolute atomic E-state index is 0.767. The maximum absolute atomic E-state index is 5.26. The molecule has 0 amide bonds. The molecule has 0 unspecified atom stereocenters. The summed E-state index contributed by atoms with van der Waals surface area (Å²) < 4.78 is 0. The zero-order valence-electron chi connectivity index (χ0n) is 5.69. The Balaban J connectivity index is 4.14. The molecule has 0 fully saturated rings. The number of nitrogens with two attached hydrogens (primary N) is 1. The van der Waals surface area contributed by atoms with Crippen LogP contribution >= 0.6 is 15.9 Å². The van der Waals surface area contributed by atoms with E-state index in [0.717, 1.165) is 16.6 Å². The summed E-state index contributed by atoms with van der Waals surface area (Å²) in [6.45, 7) is 1.93. The molecule has 0 aromatic rings. The van der Waals surface area contributed by atoms with Gasteiger partial charge in [-0.1, -0.05) is 15.9 Å².